The highest BCUT2D eigenvalue weighted by Gasteiger charge is 2.24. The molecule has 3 aromatic rings. The van der Waals surface area contributed by atoms with Crippen LogP contribution in [0.5, 0.6) is 5.75 Å². The van der Waals surface area contributed by atoms with Crippen molar-refractivity contribution in [1.29, 1.82) is 0 Å². The maximum atomic E-state index is 13.5. The van der Waals surface area contributed by atoms with E-state index in [9.17, 15) is 13.0 Å². The third-order valence-electron chi connectivity index (χ3n) is 4.07. The molecule has 3 rings (SSSR count). The molecule has 136 valence electrons. The minimum Gasteiger partial charge on any atom is -0.497 e. The Morgan fingerprint density at radius 1 is 1.00 bits per heavy atom. The molecule has 0 aliphatic rings. The summed E-state index contributed by atoms with van der Waals surface area (Å²) in [6.45, 7) is 0. The van der Waals surface area contributed by atoms with Crippen LogP contribution in [0.15, 0.2) is 71.6 Å². The molecule has 26 heavy (non-hydrogen) atoms. The number of benzene rings is 3. The van der Waals surface area contributed by atoms with Crippen molar-refractivity contribution in [3.05, 3.63) is 66.7 Å². The zero-order chi connectivity index (χ0) is 18.5. The Bertz CT molecular complexity index is 894. The molecule has 1 N–H and O–H groups in total. The minimum atomic E-state index is -2.64. The minimum absolute atomic E-state index is 0.183. The summed E-state index contributed by atoms with van der Waals surface area (Å²) in [5.41, 5.74) is 0.533. The molecule has 0 amide bonds. The van der Waals surface area contributed by atoms with Crippen molar-refractivity contribution in [1.82, 2.24) is 0 Å². The number of halogens is 2. The molecule has 0 radical (unpaired) electrons. The fourth-order valence-electron chi connectivity index (χ4n) is 2.73. The van der Waals surface area contributed by atoms with Crippen LogP contribution in [0.1, 0.15) is 0 Å². The monoisotopic (exact) mass is 375 g/mol. The molecule has 1 unspecified atom stereocenters. The van der Waals surface area contributed by atoms with Crippen LogP contribution in [0.4, 0.5) is 14.5 Å². The van der Waals surface area contributed by atoms with Crippen molar-refractivity contribution in [2.75, 3.05) is 18.2 Å². The summed E-state index contributed by atoms with van der Waals surface area (Å²) in [4.78, 5) is 0.574. The predicted molar refractivity (Wildman–Crippen MR) is 102 cm³/mol. The number of hydrogen-bond acceptors (Lipinski definition) is 3. The van der Waals surface area contributed by atoms with E-state index in [0.29, 0.717) is 16.3 Å². The number of nitrogens with one attached hydrogen (secondary N) is 1. The first kappa shape index (κ1) is 18.3. The lowest BCUT2D eigenvalue weighted by atomic mass is 10.1. The van der Waals surface area contributed by atoms with E-state index in [1.165, 1.54) is 7.11 Å². The summed E-state index contributed by atoms with van der Waals surface area (Å²) in [6.07, 6.45) is -2.64. The van der Waals surface area contributed by atoms with Crippen molar-refractivity contribution >= 4 is 27.3 Å². The second kappa shape index (κ2) is 8.27. The molecule has 0 aliphatic carbocycles. The van der Waals surface area contributed by atoms with Gasteiger partial charge in [0, 0.05) is 10.6 Å². The lowest BCUT2D eigenvalue weighted by Gasteiger charge is -2.19. The Morgan fingerprint density at radius 2 is 1.69 bits per heavy atom. The maximum Gasteiger partial charge on any atom is 0.259 e. The Morgan fingerprint density at radius 3 is 2.38 bits per heavy atom. The largest absolute Gasteiger partial charge is 0.497 e. The van der Waals surface area contributed by atoms with Gasteiger partial charge in [-0.3, -0.25) is 4.21 Å². The van der Waals surface area contributed by atoms with Gasteiger partial charge in [-0.05, 0) is 41.1 Å². The zero-order valence-electron chi connectivity index (χ0n) is 14.2. The molecule has 0 aliphatic heterocycles. The molecule has 0 heterocycles. The molecule has 0 saturated carbocycles. The van der Waals surface area contributed by atoms with Gasteiger partial charge in [0.25, 0.3) is 6.43 Å². The second-order valence-electron chi connectivity index (χ2n) is 5.80. The van der Waals surface area contributed by atoms with Gasteiger partial charge in [0.1, 0.15) is 5.75 Å². The lowest BCUT2D eigenvalue weighted by Crippen LogP contribution is -2.33. The Hall–Kier alpha value is -2.47. The zero-order valence-corrected chi connectivity index (χ0v) is 15.0. The molecular weight excluding hydrogens is 356 g/mol. The van der Waals surface area contributed by atoms with Crippen LogP contribution in [0.2, 0.25) is 0 Å². The van der Waals surface area contributed by atoms with Crippen molar-refractivity contribution in [2.24, 2.45) is 0 Å². The third kappa shape index (κ3) is 4.19. The number of fused-ring (bicyclic) bond motifs is 1. The molecule has 3 nitrogen and oxygen atoms in total. The molecule has 2 atom stereocenters. The smallest absolute Gasteiger partial charge is 0.259 e. The predicted octanol–water partition coefficient (Wildman–Crippen LogP) is 4.70. The normalized spacial score (nSPS) is 13.5. The average Bonchev–Trinajstić information content (AvgIpc) is 2.67. The molecule has 0 aromatic heterocycles. The summed E-state index contributed by atoms with van der Waals surface area (Å²) in [5, 5.41) is 4.54. The first-order valence-corrected chi connectivity index (χ1v) is 9.45. The van der Waals surface area contributed by atoms with Gasteiger partial charge in [0.2, 0.25) is 0 Å². The number of ether oxygens (including phenoxy) is 1. The molecule has 0 bridgehead atoms. The first-order valence-electron chi connectivity index (χ1n) is 8.13. The highest BCUT2D eigenvalue weighted by atomic mass is 32.2. The van der Waals surface area contributed by atoms with Crippen molar-refractivity contribution in [3.8, 4) is 5.75 Å². The van der Waals surface area contributed by atoms with Crippen LogP contribution in [-0.4, -0.2) is 29.5 Å². The SMILES string of the molecule is COc1ccc(N[C@H](CS(=O)c2cccc3ccccc23)C(F)F)cc1. The van der Waals surface area contributed by atoms with E-state index in [2.05, 4.69) is 5.32 Å². The summed E-state index contributed by atoms with van der Waals surface area (Å²) in [6, 6.07) is 18.4. The van der Waals surface area contributed by atoms with E-state index >= 15 is 0 Å². The van der Waals surface area contributed by atoms with E-state index in [1.807, 2.05) is 30.3 Å². The lowest BCUT2D eigenvalue weighted by molar-refractivity contribution is 0.132. The molecule has 0 spiro atoms. The van der Waals surface area contributed by atoms with Gasteiger partial charge in [0.15, 0.2) is 0 Å². The quantitative estimate of drug-likeness (QED) is 0.650. The Labute approximate surface area is 153 Å². The fraction of sp³-hybridized carbons (Fsp3) is 0.200. The van der Waals surface area contributed by atoms with Gasteiger partial charge >= 0.3 is 0 Å². The van der Waals surface area contributed by atoms with E-state index < -0.39 is 23.3 Å². The highest BCUT2D eigenvalue weighted by Crippen LogP contribution is 2.24. The van der Waals surface area contributed by atoms with Crippen molar-refractivity contribution < 1.29 is 17.7 Å². The van der Waals surface area contributed by atoms with Crippen LogP contribution in [0, 0.1) is 0 Å². The standard InChI is InChI=1S/C20H19F2NO2S/c1-25-16-11-9-15(10-12-16)23-18(20(21)22)13-26(24)19-8-4-6-14-5-2-3-7-17(14)19/h2-12,18,20,23H,13H2,1H3/t18-,26?/m1/s1. The highest BCUT2D eigenvalue weighted by molar-refractivity contribution is 7.85. The van der Waals surface area contributed by atoms with Gasteiger partial charge in [-0.25, -0.2) is 8.78 Å². The van der Waals surface area contributed by atoms with E-state index in [1.54, 1.807) is 36.4 Å². The molecule has 3 aromatic carbocycles. The Kier molecular flexibility index (Phi) is 5.83. The number of alkyl halides is 2. The fourth-order valence-corrected chi connectivity index (χ4v) is 4.12. The number of methoxy groups -OCH3 is 1. The summed E-state index contributed by atoms with van der Waals surface area (Å²) >= 11 is 0. The van der Waals surface area contributed by atoms with Crippen LogP contribution in [0.3, 0.4) is 0 Å². The van der Waals surface area contributed by atoms with Crippen molar-refractivity contribution in [3.63, 3.8) is 0 Å². The first-order chi connectivity index (χ1) is 12.6. The Balaban J connectivity index is 1.79. The molecule has 0 saturated heterocycles. The second-order valence-corrected chi connectivity index (χ2v) is 7.27. The van der Waals surface area contributed by atoms with Gasteiger partial charge in [-0.15, -0.1) is 0 Å². The van der Waals surface area contributed by atoms with Crippen LogP contribution in [0.25, 0.3) is 10.8 Å². The molecule has 6 heteroatoms. The van der Waals surface area contributed by atoms with Gasteiger partial charge in [-0.2, -0.15) is 0 Å². The number of rotatable bonds is 7. The maximum absolute atomic E-state index is 13.5. The van der Waals surface area contributed by atoms with E-state index in [0.717, 1.165) is 10.8 Å². The van der Waals surface area contributed by atoms with Crippen LogP contribution < -0.4 is 10.1 Å². The van der Waals surface area contributed by atoms with Gasteiger partial charge in [-0.1, -0.05) is 36.4 Å². The average molecular weight is 375 g/mol. The van der Waals surface area contributed by atoms with E-state index in [-0.39, 0.29) is 5.75 Å². The summed E-state index contributed by atoms with van der Waals surface area (Å²) in [5.74, 6) is 0.459. The van der Waals surface area contributed by atoms with E-state index in [4.69, 9.17) is 4.74 Å². The van der Waals surface area contributed by atoms with Crippen LogP contribution in [-0.2, 0) is 10.8 Å². The number of hydrogen-bond donors (Lipinski definition) is 1. The molecule has 0 fully saturated rings. The summed E-state index contributed by atoms with van der Waals surface area (Å²) < 4.78 is 44.8. The van der Waals surface area contributed by atoms with Crippen molar-refractivity contribution in [2.45, 2.75) is 17.4 Å². The van der Waals surface area contributed by atoms with Crippen LogP contribution >= 0.6 is 0 Å². The third-order valence-corrected chi connectivity index (χ3v) is 5.58. The topological polar surface area (TPSA) is 38.3 Å². The van der Waals surface area contributed by atoms with Gasteiger partial charge < -0.3 is 10.1 Å². The molecular formula is C20H19F2NO2S. The number of anilines is 1. The summed E-state index contributed by atoms with van der Waals surface area (Å²) in [7, 11) is -0.0161. The van der Waals surface area contributed by atoms with Gasteiger partial charge in [0.05, 0.1) is 29.7 Å².